The first-order valence-electron chi connectivity index (χ1n) is 7.68. The lowest BCUT2D eigenvalue weighted by Crippen LogP contribution is -2.22. The highest BCUT2D eigenvalue weighted by atomic mass is 35.5. The summed E-state index contributed by atoms with van der Waals surface area (Å²) >= 11 is 7.01. The van der Waals surface area contributed by atoms with Crippen molar-refractivity contribution in [1.82, 2.24) is 19.7 Å². The van der Waals surface area contributed by atoms with Crippen LogP contribution in [0.3, 0.4) is 0 Å². The number of rotatable bonds is 5. The molecule has 2 heterocycles. The molecule has 26 heavy (non-hydrogen) atoms. The van der Waals surface area contributed by atoms with E-state index in [1.165, 1.54) is 30.0 Å². The van der Waals surface area contributed by atoms with Gasteiger partial charge in [0.1, 0.15) is 5.82 Å². The third-order valence-electron chi connectivity index (χ3n) is 3.61. The fourth-order valence-corrected chi connectivity index (χ4v) is 3.19. The topological polar surface area (TPSA) is 72.7 Å². The van der Waals surface area contributed by atoms with Gasteiger partial charge in [0.2, 0.25) is 5.91 Å². The average Bonchev–Trinajstić information content (AvgIpc) is 2.99. The molecule has 0 fully saturated rings. The summed E-state index contributed by atoms with van der Waals surface area (Å²) in [6, 6.07) is 7.72. The Morgan fingerprint density at radius 3 is 2.69 bits per heavy atom. The van der Waals surface area contributed by atoms with Crippen LogP contribution in [0.25, 0.3) is 11.4 Å². The van der Waals surface area contributed by atoms with Gasteiger partial charge in [-0.05, 0) is 37.3 Å². The first-order valence-corrected chi connectivity index (χ1v) is 8.94. The van der Waals surface area contributed by atoms with E-state index in [1.54, 1.807) is 19.3 Å². The van der Waals surface area contributed by atoms with Crippen molar-refractivity contribution in [2.24, 2.45) is 7.05 Å². The number of pyridine rings is 1. The third kappa shape index (κ3) is 4.03. The number of nitrogens with one attached hydrogen (secondary N) is 1. The number of carbonyl (C=O) groups excluding carboxylic acids is 1. The van der Waals surface area contributed by atoms with Gasteiger partial charge in [0, 0.05) is 30.7 Å². The van der Waals surface area contributed by atoms with Crippen LogP contribution in [-0.2, 0) is 11.8 Å². The molecule has 0 unspecified atom stereocenters. The molecule has 1 atom stereocenters. The van der Waals surface area contributed by atoms with Gasteiger partial charge in [-0.3, -0.25) is 9.78 Å². The fourth-order valence-electron chi connectivity index (χ4n) is 2.20. The van der Waals surface area contributed by atoms with Crippen LogP contribution in [0, 0.1) is 5.82 Å². The summed E-state index contributed by atoms with van der Waals surface area (Å²) in [6.07, 6.45) is 3.36. The molecule has 134 valence electrons. The van der Waals surface area contributed by atoms with E-state index in [-0.39, 0.29) is 10.9 Å². The normalized spacial score (nSPS) is 12.0. The summed E-state index contributed by atoms with van der Waals surface area (Å²) in [5, 5.41) is 11.2. The van der Waals surface area contributed by atoms with Crippen molar-refractivity contribution in [3.8, 4) is 11.4 Å². The molecule has 2 aromatic heterocycles. The maximum absolute atomic E-state index is 13.2. The molecule has 0 aliphatic heterocycles. The Hall–Kier alpha value is -2.45. The number of anilines is 1. The highest BCUT2D eigenvalue weighted by Gasteiger charge is 2.19. The van der Waals surface area contributed by atoms with E-state index in [4.69, 9.17) is 11.6 Å². The molecule has 0 bridgehead atoms. The van der Waals surface area contributed by atoms with Crippen LogP contribution in [0.1, 0.15) is 6.92 Å². The van der Waals surface area contributed by atoms with E-state index >= 15 is 0 Å². The van der Waals surface area contributed by atoms with Gasteiger partial charge in [-0.25, -0.2) is 4.39 Å². The van der Waals surface area contributed by atoms with Crippen molar-refractivity contribution in [2.75, 3.05) is 5.32 Å². The first-order chi connectivity index (χ1) is 12.5. The summed E-state index contributed by atoms with van der Waals surface area (Å²) < 4.78 is 15.0. The molecule has 1 aromatic carbocycles. The minimum Gasteiger partial charge on any atom is -0.325 e. The van der Waals surface area contributed by atoms with E-state index in [0.717, 1.165) is 5.56 Å². The van der Waals surface area contributed by atoms with Gasteiger partial charge in [0.15, 0.2) is 11.0 Å². The number of aromatic nitrogens is 4. The van der Waals surface area contributed by atoms with Crippen LogP contribution >= 0.6 is 23.4 Å². The van der Waals surface area contributed by atoms with Crippen molar-refractivity contribution in [3.05, 3.63) is 53.6 Å². The number of hydrogen-bond donors (Lipinski definition) is 1. The van der Waals surface area contributed by atoms with Gasteiger partial charge < -0.3 is 9.88 Å². The molecular weight excluding hydrogens is 377 g/mol. The third-order valence-corrected chi connectivity index (χ3v) is 5.04. The molecule has 9 heteroatoms. The van der Waals surface area contributed by atoms with Crippen molar-refractivity contribution in [1.29, 1.82) is 0 Å². The predicted molar refractivity (Wildman–Crippen MR) is 99.6 cm³/mol. The largest absolute Gasteiger partial charge is 0.325 e. The van der Waals surface area contributed by atoms with Crippen molar-refractivity contribution in [3.63, 3.8) is 0 Å². The minimum absolute atomic E-state index is 0.0431. The molecule has 0 aliphatic carbocycles. The smallest absolute Gasteiger partial charge is 0.237 e. The fraction of sp³-hybridized carbons (Fsp3) is 0.176. The Labute approximate surface area is 158 Å². The molecule has 3 aromatic rings. The van der Waals surface area contributed by atoms with E-state index in [9.17, 15) is 9.18 Å². The maximum atomic E-state index is 13.2. The van der Waals surface area contributed by atoms with Gasteiger partial charge in [-0.2, -0.15) is 0 Å². The Morgan fingerprint density at radius 2 is 2.00 bits per heavy atom. The summed E-state index contributed by atoms with van der Waals surface area (Å²) in [4.78, 5) is 16.3. The molecular formula is C17H15ClFN5OS. The number of nitrogens with zero attached hydrogens (tertiary/aromatic N) is 4. The predicted octanol–water partition coefficient (Wildman–Crippen LogP) is 3.79. The van der Waals surface area contributed by atoms with Crippen LogP contribution in [0.4, 0.5) is 10.1 Å². The van der Waals surface area contributed by atoms with Gasteiger partial charge in [-0.1, -0.05) is 23.4 Å². The average molecular weight is 392 g/mol. The molecule has 0 aliphatic rings. The molecule has 1 amide bonds. The van der Waals surface area contributed by atoms with Crippen LogP contribution in [0.5, 0.6) is 0 Å². The summed E-state index contributed by atoms with van der Waals surface area (Å²) in [5.74, 6) is -0.0891. The van der Waals surface area contributed by atoms with Gasteiger partial charge in [0.05, 0.1) is 10.3 Å². The van der Waals surface area contributed by atoms with Crippen LogP contribution in [0.15, 0.2) is 47.9 Å². The number of benzene rings is 1. The lowest BCUT2D eigenvalue weighted by molar-refractivity contribution is -0.115. The van der Waals surface area contributed by atoms with E-state index in [2.05, 4.69) is 20.5 Å². The Balaban J connectivity index is 1.69. The molecule has 1 N–H and O–H groups in total. The summed E-state index contributed by atoms with van der Waals surface area (Å²) in [5.41, 5.74) is 1.32. The lowest BCUT2D eigenvalue weighted by Gasteiger charge is -2.12. The van der Waals surface area contributed by atoms with Crippen molar-refractivity contribution < 1.29 is 9.18 Å². The molecule has 0 spiro atoms. The van der Waals surface area contributed by atoms with Crippen LogP contribution in [-0.4, -0.2) is 30.9 Å². The maximum Gasteiger partial charge on any atom is 0.237 e. The first kappa shape index (κ1) is 18.3. The molecule has 0 saturated carbocycles. The Morgan fingerprint density at radius 1 is 1.27 bits per heavy atom. The van der Waals surface area contributed by atoms with Crippen molar-refractivity contribution in [2.45, 2.75) is 17.3 Å². The number of thioether (sulfide) groups is 1. The highest BCUT2D eigenvalue weighted by molar-refractivity contribution is 8.00. The molecule has 6 nitrogen and oxygen atoms in total. The van der Waals surface area contributed by atoms with Gasteiger partial charge >= 0.3 is 0 Å². The number of amides is 1. The number of halogens is 2. The van der Waals surface area contributed by atoms with E-state index in [1.807, 2.05) is 23.7 Å². The summed E-state index contributed by atoms with van der Waals surface area (Å²) in [6.45, 7) is 1.76. The Kier molecular flexibility index (Phi) is 5.53. The monoisotopic (exact) mass is 391 g/mol. The molecule has 0 radical (unpaired) electrons. The number of hydrogen-bond acceptors (Lipinski definition) is 5. The second kappa shape index (κ2) is 7.84. The Bertz CT molecular complexity index is 934. The SMILES string of the molecule is C[C@H](Sc1nnc(-c2ccncc2)n1C)C(=O)Nc1ccc(F)c(Cl)c1. The standard InChI is InChI=1S/C17H15ClFN5OS/c1-10(16(25)21-12-3-4-14(19)13(18)9-12)26-17-23-22-15(24(17)2)11-5-7-20-8-6-11/h3-10H,1-2H3,(H,21,25)/t10-/m0/s1. The quantitative estimate of drug-likeness (QED) is 0.670. The van der Waals surface area contributed by atoms with Crippen LogP contribution in [0.2, 0.25) is 5.02 Å². The summed E-state index contributed by atoms with van der Waals surface area (Å²) in [7, 11) is 1.84. The highest BCUT2D eigenvalue weighted by Crippen LogP contribution is 2.26. The zero-order chi connectivity index (χ0) is 18.7. The van der Waals surface area contributed by atoms with Crippen molar-refractivity contribution >= 4 is 35.0 Å². The number of carbonyl (C=O) groups is 1. The molecule has 0 saturated heterocycles. The zero-order valence-corrected chi connectivity index (χ0v) is 15.6. The zero-order valence-electron chi connectivity index (χ0n) is 14.0. The van der Waals surface area contributed by atoms with E-state index < -0.39 is 11.1 Å². The van der Waals surface area contributed by atoms with Gasteiger partial charge in [-0.15, -0.1) is 10.2 Å². The van der Waals surface area contributed by atoms with Crippen LogP contribution < -0.4 is 5.32 Å². The van der Waals surface area contributed by atoms with Gasteiger partial charge in [0.25, 0.3) is 0 Å². The second-order valence-corrected chi connectivity index (χ2v) is 7.19. The van der Waals surface area contributed by atoms with E-state index in [0.29, 0.717) is 16.7 Å². The lowest BCUT2D eigenvalue weighted by atomic mass is 10.2. The second-order valence-electron chi connectivity index (χ2n) is 5.48. The molecule has 3 rings (SSSR count). The minimum atomic E-state index is -0.533.